The minimum atomic E-state index is -0.194. The average molecular weight is 308 g/mol. The fourth-order valence-corrected chi connectivity index (χ4v) is 2.42. The molecular formula is C15H12N6O2. The molecule has 0 aliphatic carbocycles. The Kier molecular flexibility index (Phi) is 2.94. The summed E-state index contributed by atoms with van der Waals surface area (Å²) in [5, 5.41) is 8.55. The molecule has 0 atom stereocenters. The second-order valence-electron chi connectivity index (χ2n) is 4.86. The number of aromatic amines is 1. The largest absolute Gasteiger partial charge is 0.481 e. The third-order valence-electron chi connectivity index (χ3n) is 3.49. The van der Waals surface area contributed by atoms with Crippen molar-refractivity contribution >= 4 is 5.65 Å². The Bertz CT molecular complexity index is 1050. The maximum atomic E-state index is 11.5. The van der Waals surface area contributed by atoms with Crippen LogP contribution in [0.25, 0.3) is 22.5 Å². The van der Waals surface area contributed by atoms with Gasteiger partial charge in [-0.3, -0.25) is 4.79 Å². The molecule has 0 aliphatic rings. The molecule has 8 heteroatoms. The summed E-state index contributed by atoms with van der Waals surface area (Å²) in [4.78, 5) is 18.5. The lowest BCUT2D eigenvalue weighted by Crippen LogP contribution is -2.07. The summed E-state index contributed by atoms with van der Waals surface area (Å²) < 4.78 is 8.51. The number of nitrogens with zero attached hydrogens (tertiary/aromatic N) is 5. The highest BCUT2D eigenvalue weighted by Crippen LogP contribution is 2.27. The lowest BCUT2D eigenvalue weighted by atomic mass is 10.1. The van der Waals surface area contributed by atoms with Gasteiger partial charge in [-0.1, -0.05) is 0 Å². The van der Waals surface area contributed by atoms with Gasteiger partial charge in [0, 0.05) is 35.8 Å². The zero-order chi connectivity index (χ0) is 15.8. The Labute approximate surface area is 130 Å². The Balaban J connectivity index is 1.84. The van der Waals surface area contributed by atoms with E-state index < -0.39 is 0 Å². The van der Waals surface area contributed by atoms with E-state index in [9.17, 15) is 4.79 Å². The van der Waals surface area contributed by atoms with Crippen LogP contribution >= 0.6 is 0 Å². The monoisotopic (exact) mass is 308 g/mol. The number of aromatic nitrogens is 6. The van der Waals surface area contributed by atoms with Crippen LogP contribution in [0.15, 0.2) is 54.0 Å². The Morgan fingerprint density at radius 3 is 3.00 bits per heavy atom. The number of H-pyrrole nitrogens is 1. The van der Waals surface area contributed by atoms with Crippen molar-refractivity contribution in [3.63, 3.8) is 0 Å². The van der Waals surface area contributed by atoms with E-state index in [1.807, 2.05) is 18.3 Å². The first-order valence-electron chi connectivity index (χ1n) is 6.87. The highest BCUT2D eigenvalue weighted by atomic mass is 16.5. The molecule has 23 heavy (non-hydrogen) atoms. The highest BCUT2D eigenvalue weighted by Gasteiger charge is 2.12. The molecule has 0 aromatic carbocycles. The first-order valence-corrected chi connectivity index (χ1v) is 6.87. The smallest absolute Gasteiger partial charge is 0.251 e. The maximum absolute atomic E-state index is 11.5. The van der Waals surface area contributed by atoms with Crippen LogP contribution in [0.2, 0.25) is 0 Å². The van der Waals surface area contributed by atoms with E-state index in [0.29, 0.717) is 17.2 Å². The maximum Gasteiger partial charge on any atom is 0.251 e. The Morgan fingerprint density at radius 2 is 2.13 bits per heavy atom. The van der Waals surface area contributed by atoms with Crippen LogP contribution in [0, 0.1) is 0 Å². The van der Waals surface area contributed by atoms with Gasteiger partial charge in [-0.25, -0.2) is 14.2 Å². The SMILES string of the molecule is COc1ncccc1-c1cnn(-c2cnn3ccc(=O)[nH]c23)c1. The molecule has 0 saturated carbocycles. The fraction of sp³-hybridized carbons (Fsp3) is 0.0667. The van der Waals surface area contributed by atoms with Crippen molar-refractivity contribution < 1.29 is 4.74 Å². The molecule has 4 rings (SSSR count). The molecule has 0 amide bonds. The third-order valence-corrected chi connectivity index (χ3v) is 3.49. The zero-order valence-electron chi connectivity index (χ0n) is 12.2. The van der Waals surface area contributed by atoms with Gasteiger partial charge in [0.25, 0.3) is 5.56 Å². The molecular weight excluding hydrogens is 296 g/mol. The van der Waals surface area contributed by atoms with Gasteiger partial charge in [0.2, 0.25) is 5.88 Å². The summed E-state index contributed by atoms with van der Waals surface area (Å²) >= 11 is 0. The Hall–Kier alpha value is -3.42. The average Bonchev–Trinajstić information content (AvgIpc) is 3.21. The minimum absolute atomic E-state index is 0.194. The van der Waals surface area contributed by atoms with Gasteiger partial charge >= 0.3 is 0 Å². The summed E-state index contributed by atoms with van der Waals surface area (Å²) in [6.45, 7) is 0. The summed E-state index contributed by atoms with van der Waals surface area (Å²) in [5.74, 6) is 0.528. The van der Waals surface area contributed by atoms with Crippen LogP contribution in [0.3, 0.4) is 0 Å². The van der Waals surface area contributed by atoms with Gasteiger partial charge in [0.05, 0.1) is 19.5 Å². The Morgan fingerprint density at radius 1 is 1.22 bits per heavy atom. The van der Waals surface area contributed by atoms with E-state index in [0.717, 1.165) is 11.1 Å². The third kappa shape index (κ3) is 2.16. The molecule has 0 fully saturated rings. The lowest BCUT2D eigenvalue weighted by Gasteiger charge is -2.03. The number of hydrogen-bond acceptors (Lipinski definition) is 5. The molecule has 8 nitrogen and oxygen atoms in total. The van der Waals surface area contributed by atoms with Crippen LogP contribution < -0.4 is 10.3 Å². The highest BCUT2D eigenvalue weighted by molar-refractivity contribution is 5.68. The molecule has 114 valence electrons. The summed E-state index contributed by atoms with van der Waals surface area (Å²) in [6.07, 6.45) is 8.46. The molecule has 0 bridgehead atoms. The summed E-state index contributed by atoms with van der Waals surface area (Å²) in [7, 11) is 1.58. The first-order chi connectivity index (χ1) is 11.3. The predicted octanol–water partition coefficient (Wildman–Crippen LogP) is 1.28. The van der Waals surface area contributed by atoms with Crippen LogP contribution in [0.1, 0.15) is 0 Å². The number of hydrogen-bond donors (Lipinski definition) is 1. The van der Waals surface area contributed by atoms with E-state index in [4.69, 9.17) is 4.74 Å². The van der Waals surface area contributed by atoms with Crippen LogP contribution in [-0.2, 0) is 0 Å². The fourth-order valence-electron chi connectivity index (χ4n) is 2.42. The van der Waals surface area contributed by atoms with E-state index in [2.05, 4.69) is 20.2 Å². The van der Waals surface area contributed by atoms with Gasteiger partial charge in [0.15, 0.2) is 5.65 Å². The van der Waals surface area contributed by atoms with Gasteiger partial charge in [-0.15, -0.1) is 0 Å². The predicted molar refractivity (Wildman–Crippen MR) is 82.7 cm³/mol. The molecule has 4 aromatic heterocycles. The number of ether oxygens (including phenoxy) is 1. The molecule has 4 aromatic rings. The second kappa shape index (κ2) is 5.09. The van der Waals surface area contributed by atoms with Crippen molar-refractivity contribution in [2.45, 2.75) is 0 Å². The van der Waals surface area contributed by atoms with Gasteiger partial charge in [0.1, 0.15) is 5.69 Å². The van der Waals surface area contributed by atoms with Crippen molar-refractivity contribution in [2.24, 2.45) is 0 Å². The molecule has 0 spiro atoms. The second-order valence-corrected chi connectivity index (χ2v) is 4.86. The van der Waals surface area contributed by atoms with Gasteiger partial charge in [-0.2, -0.15) is 10.2 Å². The van der Waals surface area contributed by atoms with E-state index >= 15 is 0 Å². The van der Waals surface area contributed by atoms with E-state index in [1.165, 1.54) is 6.07 Å². The lowest BCUT2D eigenvalue weighted by molar-refractivity contribution is 0.399. The van der Waals surface area contributed by atoms with Gasteiger partial charge < -0.3 is 9.72 Å². The molecule has 0 saturated heterocycles. The standard InChI is InChI=1S/C15H12N6O2/c1-23-15-11(3-2-5-16-15)10-7-17-21(9-10)12-8-18-20-6-4-13(22)19-14(12)20/h2-9H,1H3,(H,19,22). The first kappa shape index (κ1) is 13.3. The molecule has 0 radical (unpaired) electrons. The van der Waals surface area contributed by atoms with Crippen molar-refractivity contribution in [2.75, 3.05) is 7.11 Å². The van der Waals surface area contributed by atoms with Crippen molar-refractivity contribution in [1.82, 2.24) is 29.4 Å². The number of methoxy groups -OCH3 is 1. The van der Waals surface area contributed by atoms with Crippen LogP contribution in [0.4, 0.5) is 0 Å². The quantitative estimate of drug-likeness (QED) is 0.615. The molecule has 1 N–H and O–H groups in total. The number of nitrogens with one attached hydrogen (secondary N) is 1. The van der Waals surface area contributed by atoms with E-state index in [-0.39, 0.29) is 5.56 Å². The zero-order valence-corrected chi connectivity index (χ0v) is 12.2. The van der Waals surface area contributed by atoms with E-state index in [1.54, 1.807) is 41.1 Å². The van der Waals surface area contributed by atoms with Gasteiger partial charge in [-0.05, 0) is 12.1 Å². The number of fused-ring (bicyclic) bond motifs is 1. The number of rotatable bonds is 3. The molecule has 0 aliphatic heterocycles. The van der Waals surface area contributed by atoms with Crippen molar-refractivity contribution in [1.29, 1.82) is 0 Å². The minimum Gasteiger partial charge on any atom is -0.481 e. The van der Waals surface area contributed by atoms with Crippen molar-refractivity contribution in [3.8, 4) is 22.7 Å². The number of pyridine rings is 1. The summed E-state index contributed by atoms with van der Waals surface area (Å²) in [5.41, 5.74) is 2.75. The topological polar surface area (TPSA) is 90.1 Å². The molecule has 4 heterocycles. The molecule has 0 unspecified atom stereocenters. The normalized spacial score (nSPS) is 11.0. The van der Waals surface area contributed by atoms with Crippen LogP contribution in [-0.4, -0.2) is 36.5 Å². The summed E-state index contributed by atoms with van der Waals surface area (Å²) in [6, 6.07) is 5.16. The van der Waals surface area contributed by atoms with Crippen LogP contribution in [0.5, 0.6) is 5.88 Å². The van der Waals surface area contributed by atoms with Crippen molar-refractivity contribution in [3.05, 3.63) is 59.5 Å².